The van der Waals surface area contributed by atoms with Gasteiger partial charge in [-0.25, -0.2) is 4.39 Å². The molecule has 5 nitrogen and oxygen atoms in total. The predicted molar refractivity (Wildman–Crippen MR) is 127 cm³/mol. The average Bonchev–Trinajstić information content (AvgIpc) is 2.69. The van der Waals surface area contributed by atoms with Crippen LogP contribution in [0.3, 0.4) is 0 Å². The number of halogens is 1. The first-order valence-corrected chi connectivity index (χ1v) is 11.5. The summed E-state index contributed by atoms with van der Waals surface area (Å²) in [6.45, 7) is 14.4. The standard InChI is InChI=1S/C26H38FN3O2/c1-19(15-24(2,3)4)23(31)30-14-12-26(32,25(5,6)16-30)17-29-13-11-22(28-18-29)20-9-7-8-10-21(20)27/h7-11,13,19,32H,12,14-18H2,1-6H3. The van der Waals surface area contributed by atoms with E-state index in [0.29, 0.717) is 44.0 Å². The molecule has 6 heteroatoms. The Morgan fingerprint density at radius 1 is 1.28 bits per heavy atom. The molecule has 0 spiro atoms. The third kappa shape index (κ3) is 5.40. The first-order valence-electron chi connectivity index (χ1n) is 11.5. The van der Waals surface area contributed by atoms with E-state index in [1.165, 1.54) is 6.07 Å². The lowest BCUT2D eigenvalue weighted by atomic mass is 9.69. The van der Waals surface area contributed by atoms with Gasteiger partial charge in [0.05, 0.1) is 11.3 Å². The van der Waals surface area contributed by atoms with Crippen LogP contribution in [0.1, 0.15) is 59.9 Å². The number of carbonyl (C=O) groups is 1. The predicted octanol–water partition coefficient (Wildman–Crippen LogP) is 4.46. The van der Waals surface area contributed by atoms with Crippen molar-refractivity contribution >= 4 is 11.6 Å². The third-order valence-corrected chi connectivity index (χ3v) is 6.77. The summed E-state index contributed by atoms with van der Waals surface area (Å²) >= 11 is 0. The highest BCUT2D eigenvalue weighted by Gasteiger charge is 2.49. The van der Waals surface area contributed by atoms with Crippen molar-refractivity contribution in [2.24, 2.45) is 21.7 Å². The average molecular weight is 444 g/mol. The first-order chi connectivity index (χ1) is 14.8. The number of rotatable bonds is 5. The Kier molecular flexibility index (Phi) is 6.85. The van der Waals surface area contributed by atoms with Gasteiger partial charge in [0.15, 0.2) is 0 Å². The molecule has 0 radical (unpaired) electrons. The fourth-order valence-electron chi connectivity index (χ4n) is 4.89. The molecule has 2 aliphatic heterocycles. The normalized spacial score (nSPS) is 24.3. The van der Waals surface area contributed by atoms with Gasteiger partial charge in [-0.3, -0.25) is 9.79 Å². The van der Waals surface area contributed by atoms with E-state index in [9.17, 15) is 14.3 Å². The maximum Gasteiger partial charge on any atom is 0.225 e. The Bertz CT molecular complexity index is 903. The summed E-state index contributed by atoms with van der Waals surface area (Å²) in [5.74, 6) is -0.151. The number of aliphatic hydroxyl groups is 1. The molecular formula is C26H38FN3O2. The fraction of sp³-hybridized carbons (Fsp3) is 0.615. The first kappa shape index (κ1) is 24.4. The fourth-order valence-corrected chi connectivity index (χ4v) is 4.89. The number of aliphatic imine (C=N–C) groups is 1. The number of piperidine rings is 1. The Labute approximate surface area is 192 Å². The van der Waals surface area contributed by atoms with E-state index in [2.05, 4.69) is 25.8 Å². The van der Waals surface area contributed by atoms with E-state index >= 15 is 0 Å². The van der Waals surface area contributed by atoms with Crippen molar-refractivity contribution < 1.29 is 14.3 Å². The topological polar surface area (TPSA) is 56.1 Å². The Hall–Kier alpha value is -2.21. The molecule has 0 aliphatic carbocycles. The third-order valence-electron chi connectivity index (χ3n) is 6.77. The van der Waals surface area contributed by atoms with Gasteiger partial charge < -0.3 is 14.9 Å². The van der Waals surface area contributed by atoms with Crippen LogP contribution in [-0.4, -0.2) is 58.4 Å². The molecule has 3 rings (SSSR count). The number of benzene rings is 1. The van der Waals surface area contributed by atoms with Crippen LogP contribution < -0.4 is 0 Å². The summed E-state index contributed by atoms with van der Waals surface area (Å²) in [5.41, 5.74) is -0.223. The highest BCUT2D eigenvalue weighted by molar-refractivity contribution is 6.09. The van der Waals surface area contributed by atoms with Crippen molar-refractivity contribution in [2.75, 3.05) is 26.3 Å². The second-order valence-electron chi connectivity index (χ2n) is 11.3. The lowest BCUT2D eigenvalue weighted by molar-refractivity contribution is -0.157. The lowest BCUT2D eigenvalue weighted by Gasteiger charge is -2.52. The molecule has 1 N–H and O–H groups in total. The molecule has 0 aromatic heterocycles. The van der Waals surface area contributed by atoms with Crippen molar-refractivity contribution in [3.63, 3.8) is 0 Å². The summed E-state index contributed by atoms with van der Waals surface area (Å²) in [6, 6.07) is 6.61. The van der Waals surface area contributed by atoms with Crippen LogP contribution in [0.4, 0.5) is 4.39 Å². The van der Waals surface area contributed by atoms with Crippen LogP contribution in [0.25, 0.3) is 0 Å². The van der Waals surface area contributed by atoms with Gasteiger partial charge in [0, 0.05) is 42.7 Å². The van der Waals surface area contributed by atoms with Gasteiger partial charge in [0.25, 0.3) is 0 Å². The second kappa shape index (κ2) is 8.97. The number of amides is 1. The molecule has 1 aromatic rings. The van der Waals surface area contributed by atoms with Crippen LogP contribution in [0, 0.1) is 22.6 Å². The molecule has 1 aromatic carbocycles. The Morgan fingerprint density at radius 2 is 1.97 bits per heavy atom. The van der Waals surface area contributed by atoms with E-state index in [4.69, 9.17) is 0 Å². The molecule has 32 heavy (non-hydrogen) atoms. The molecule has 1 amide bonds. The van der Waals surface area contributed by atoms with Crippen molar-refractivity contribution in [2.45, 2.75) is 60.0 Å². The van der Waals surface area contributed by atoms with E-state index in [0.717, 1.165) is 6.42 Å². The van der Waals surface area contributed by atoms with Crippen molar-refractivity contribution in [3.05, 3.63) is 47.9 Å². The van der Waals surface area contributed by atoms with Crippen LogP contribution in [-0.2, 0) is 4.79 Å². The minimum absolute atomic E-state index is 0.0341. The molecule has 0 bridgehead atoms. The van der Waals surface area contributed by atoms with Gasteiger partial charge in [-0.15, -0.1) is 0 Å². The Balaban J connectivity index is 1.63. The number of β-amino-alcohol motifs (C(OH)–C–C–N with tert-alkyl or cyclic N) is 1. The van der Waals surface area contributed by atoms with Crippen LogP contribution in [0.5, 0.6) is 0 Å². The summed E-state index contributed by atoms with van der Waals surface area (Å²) in [5, 5.41) is 11.6. The van der Waals surface area contributed by atoms with Gasteiger partial charge in [-0.05, 0) is 36.5 Å². The number of nitrogens with zero attached hydrogens (tertiary/aromatic N) is 3. The van der Waals surface area contributed by atoms with Gasteiger partial charge in [-0.1, -0.05) is 53.7 Å². The zero-order valence-corrected chi connectivity index (χ0v) is 20.4. The highest BCUT2D eigenvalue weighted by atomic mass is 19.1. The lowest BCUT2D eigenvalue weighted by Crippen LogP contribution is -2.62. The van der Waals surface area contributed by atoms with E-state index in [-0.39, 0.29) is 23.1 Å². The molecule has 2 atom stereocenters. The molecule has 1 fully saturated rings. The highest BCUT2D eigenvalue weighted by Crippen LogP contribution is 2.40. The molecule has 0 saturated carbocycles. The molecule has 176 valence electrons. The van der Waals surface area contributed by atoms with Gasteiger partial charge in [-0.2, -0.15) is 0 Å². The second-order valence-corrected chi connectivity index (χ2v) is 11.3. The number of carbonyl (C=O) groups excluding carboxylic acids is 1. The van der Waals surface area contributed by atoms with Crippen LogP contribution in [0.2, 0.25) is 0 Å². The molecule has 2 heterocycles. The smallest absolute Gasteiger partial charge is 0.225 e. The minimum atomic E-state index is -0.952. The SMILES string of the molecule is CC(CC(C)(C)C)C(=O)N1CCC(O)(CN2C=CC(c3ccccc3F)=NC2)C(C)(C)C1. The quantitative estimate of drug-likeness (QED) is 0.731. The molecule has 1 saturated heterocycles. The van der Waals surface area contributed by atoms with Crippen molar-refractivity contribution in [1.29, 1.82) is 0 Å². The number of hydrogen-bond acceptors (Lipinski definition) is 4. The summed E-state index contributed by atoms with van der Waals surface area (Å²) < 4.78 is 14.1. The zero-order valence-electron chi connectivity index (χ0n) is 20.4. The van der Waals surface area contributed by atoms with E-state index in [1.54, 1.807) is 24.3 Å². The maximum atomic E-state index is 14.1. The largest absolute Gasteiger partial charge is 0.387 e. The van der Waals surface area contributed by atoms with Gasteiger partial charge in [0.1, 0.15) is 12.5 Å². The number of likely N-dealkylation sites (tertiary alicyclic amines) is 1. The van der Waals surface area contributed by atoms with Crippen LogP contribution in [0.15, 0.2) is 41.5 Å². The summed E-state index contributed by atoms with van der Waals surface area (Å²) in [4.78, 5) is 21.5. The van der Waals surface area contributed by atoms with E-state index in [1.807, 2.05) is 36.8 Å². The monoisotopic (exact) mass is 443 g/mol. The number of hydrogen-bond donors (Lipinski definition) is 1. The number of allylic oxidation sites excluding steroid dienone is 1. The maximum absolute atomic E-state index is 14.1. The van der Waals surface area contributed by atoms with Crippen molar-refractivity contribution in [3.8, 4) is 0 Å². The van der Waals surface area contributed by atoms with Gasteiger partial charge in [0.2, 0.25) is 5.91 Å². The minimum Gasteiger partial charge on any atom is -0.387 e. The van der Waals surface area contributed by atoms with Crippen LogP contribution >= 0.6 is 0 Å². The van der Waals surface area contributed by atoms with E-state index < -0.39 is 11.0 Å². The van der Waals surface area contributed by atoms with Crippen molar-refractivity contribution in [1.82, 2.24) is 9.80 Å². The molecule has 2 aliphatic rings. The van der Waals surface area contributed by atoms with Gasteiger partial charge >= 0.3 is 0 Å². The summed E-state index contributed by atoms with van der Waals surface area (Å²) in [7, 11) is 0. The summed E-state index contributed by atoms with van der Waals surface area (Å²) in [6.07, 6.45) is 5.03. The molecular weight excluding hydrogens is 405 g/mol. The Morgan fingerprint density at radius 3 is 2.53 bits per heavy atom. The zero-order chi connectivity index (χ0) is 23.7. The molecule has 2 unspecified atom stereocenters.